The first-order chi connectivity index (χ1) is 11.2. The summed E-state index contributed by atoms with van der Waals surface area (Å²) in [4.78, 5) is 16.6. The van der Waals surface area contributed by atoms with Crippen molar-refractivity contribution in [3.63, 3.8) is 0 Å². The van der Waals surface area contributed by atoms with Gasteiger partial charge in [0.2, 0.25) is 11.8 Å². The fourth-order valence-corrected chi connectivity index (χ4v) is 3.30. The summed E-state index contributed by atoms with van der Waals surface area (Å²) >= 11 is 0. The smallest absolute Gasteiger partial charge is 0.223 e. The number of ether oxygens (including phenoxy) is 2. The third-order valence-corrected chi connectivity index (χ3v) is 4.78. The predicted molar refractivity (Wildman–Crippen MR) is 87.3 cm³/mol. The first kappa shape index (κ1) is 16.2. The van der Waals surface area contributed by atoms with Crippen molar-refractivity contribution in [1.82, 2.24) is 10.3 Å². The van der Waals surface area contributed by atoms with Gasteiger partial charge in [-0.15, -0.1) is 0 Å². The molecule has 5 nitrogen and oxygen atoms in total. The zero-order valence-electron chi connectivity index (χ0n) is 13.8. The van der Waals surface area contributed by atoms with Crippen LogP contribution in [0.3, 0.4) is 0 Å². The Labute approximate surface area is 137 Å². The summed E-state index contributed by atoms with van der Waals surface area (Å²) in [6.07, 6.45) is 7.63. The van der Waals surface area contributed by atoms with Gasteiger partial charge in [-0.05, 0) is 51.0 Å². The van der Waals surface area contributed by atoms with Crippen LogP contribution in [0.25, 0.3) is 0 Å². The second-order valence-electron chi connectivity index (χ2n) is 6.66. The molecule has 126 valence electrons. The molecule has 3 rings (SSSR count). The average molecular weight is 318 g/mol. The van der Waals surface area contributed by atoms with Crippen LogP contribution in [-0.2, 0) is 9.53 Å². The second-order valence-corrected chi connectivity index (χ2v) is 6.66. The SMILES string of the molecule is Cc1ccc(OC2CCC(NC(=O)C3CCOCC3)CC2)nc1. The summed E-state index contributed by atoms with van der Waals surface area (Å²) in [7, 11) is 0. The van der Waals surface area contributed by atoms with Crippen LogP contribution >= 0.6 is 0 Å². The lowest BCUT2D eigenvalue weighted by molar-refractivity contribution is -0.128. The molecule has 2 fully saturated rings. The first-order valence-corrected chi connectivity index (χ1v) is 8.68. The zero-order valence-corrected chi connectivity index (χ0v) is 13.8. The largest absolute Gasteiger partial charge is 0.474 e. The number of nitrogens with one attached hydrogen (secondary N) is 1. The molecule has 1 aliphatic carbocycles. The minimum absolute atomic E-state index is 0.134. The van der Waals surface area contributed by atoms with Gasteiger partial charge < -0.3 is 14.8 Å². The zero-order chi connectivity index (χ0) is 16.1. The number of carbonyl (C=O) groups is 1. The number of amides is 1. The maximum atomic E-state index is 12.3. The highest BCUT2D eigenvalue weighted by Gasteiger charge is 2.27. The molecule has 23 heavy (non-hydrogen) atoms. The third kappa shape index (κ3) is 4.67. The van der Waals surface area contributed by atoms with E-state index in [1.54, 1.807) is 0 Å². The second kappa shape index (κ2) is 7.77. The van der Waals surface area contributed by atoms with Gasteiger partial charge in [0.15, 0.2) is 0 Å². The number of aromatic nitrogens is 1. The molecule has 2 heterocycles. The van der Waals surface area contributed by atoms with E-state index in [0.29, 0.717) is 19.1 Å². The van der Waals surface area contributed by atoms with Crippen LogP contribution in [0.4, 0.5) is 0 Å². The Hall–Kier alpha value is -1.62. The summed E-state index contributed by atoms with van der Waals surface area (Å²) in [5.74, 6) is 1.04. The van der Waals surface area contributed by atoms with Crippen molar-refractivity contribution >= 4 is 5.91 Å². The molecule has 1 aromatic rings. The fourth-order valence-electron chi connectivity index (χ4n) is 3.30. The molecular weight excluding hydrogens is 292 g/mol. The van der Waals surface area contributed by atoms with Crippen molar-refractivity contribution in [3.05, 3.63) is 23.9 Å². The average Bonchev–Trinajstić information content (AvgIpc) is 2.59. The number of hydrogen-bond donors (Lipinski definition) is 1. The molecule has 2 aliphatic rings. The molecule has 0 atom stereocenters. The number of nitrogens with zero attached hydrogens (tertiary/aromatic N) is 1. The van der Waals surface area contributed by atoms with Gasteiger partial charge in [-0.25, -0.2) is 4.98 Å². The number of pyridine rings is 1. The van der Waals surface area contributed by atoms with Gasteiger partial charge >= 0.3 is 0 Å². The van der Waals surface area contributed by atoms with E-state index in [-0.39, 0.29) is 24.0 Å². The van der Waals surface area contributed by atoms with Gasteiger partial charge in [0.25, 0.3) is 0 Å². The van der Waals surface area contributed by atoms with Crippen LogP contribution in [0.2, 0.25) is 0 Å². The van der Waals surface area contributed by atoms with E-state index >= 15 is 0 Å². The van der Waals surface area contributed by atoms with Crippen molar-refractivity contribution in [1.29, 1.82) is 0 Å². The van der Waals surface area contributed by atoms with Crippen LogP contribution in [0.15, 0.2) is 18.3 Å². The minimum Gasteiger partial charge on any atom is -0.474 e. The highest BCUT2D eigenvalue weighted by Crippen LogP contribution is 2.24. The van der Waals surface area contributed by atoms with Crippen molar-refractivity contribution in [2.45, 2.75) is 57.6 Å². The third-order valence-electron chi connectivity index (χ3n) is 4.78. The van der Waals surface area contributed by atoms with Crippen molar-refractivity contribution in [2.75, 3.05) is 13.2 Å². The van der Waals surface area contributed by atoms with E-state index in [0.717, 1.165) is 44.1 Å². The normalized spacial score (nSPS) is 25.8. The Morgan fingerprint density at radius 1 is 1.17 bits per heavy atom. The lowest BCUT2D eigenvalue weighted by Crippen LogP contribution is -2.43. The Kier molecular flexibility index (Phi) is 5.49. The number of hydrogen-bond acceptors (Lipinski definition) is 4. The van der Waals surface area contributed by atoms with Crippen LogP contribution in [0, 0.1) is 12.8 Å². The highest BCUT2D eigenvalue weighted by atomic mass is 16.5. The summed E-state index contributed by atoms with van der Waals surface area (Å²) in [5.41, 5.74) is 1.14. The Balaban J connectivity index is 1.41. The molecule has 1 saturated heterocycles. The van der Waals surface area contributed by atoms with Crippen LogP contribution in [0.1, 0.15) is 44.1 Å². The van der Waals surface area contributed by atoms with Gasteiger partial charge in [-0.1, -0.05) is 6.07 Å². The molecule has 1 saturated carbocycles. The Morgan fingerprint density at radius 3 is 2.57 bits per heavy atom. The molecule has 1 aromatic heterocycles. The molecule has 5 heteroatoms. The van der Waals surface area contributed by atoms with E-state index in [2.05, 4.69) is 10.3 Å². The minimum atomic E-state index is 0.134. The van der Waals surface area contributed by atoms with E-state index in [1.165, 1.54) is 0 Å². The van der Waals surface area contributed by atoms with Gasteiger partial charge in [-0.2, -0.15) is 0 Å². The van der Waals surface area contributed by atoms with E-state index in [9.17, 15) is 4.79 Å². The first-order valence-electron chi connectivity index (χ1n) is 8.68. The molecule has 1 amide bonds. The summed E-state index contributed by atoms with van der Waals surface area (Å²) in [5, 5.41) is 3.21. The van der Waals surface area contributed by atoms with Crippen molar-refractivity contribution in [2.24, 2.45) is 5.92 Å². The predicted octanol–water partition coefficient (Wildman–Crippen LogP) is 2.62. The molecule has 0 bridgehead atoms. The Bertz CT molecular complexity index is 504. The molecule has 0 spiro atoms. The maximum absolute atomic E-state index is 12.3. The number of carbonyl (C=O) groups excluding carboxylic acids is 1. The summed E-state index contributed by atoms with van der Waals surface area (Å²) in [6.45, 7) is 3.44. The number of rotatable bonds is 4. The summed E-state index contributed by atoms with van der Waals surface area (Å²) < 4.78 is 11.3. The maximum Gasteiger partial charge on any atom is 0.223 e. The van der Waals surface area contributed by atoms with Gasteiger partial charge in [0.1, 0.15) is 6.10 Å². The van der Waals surface area contributed by atoms with Crippen molar-refractivity contribution < 1.29 is 14.3 Å². The van der Waals surface area contributed by atoms with Crippen LogP contribution in [0.5, 0.6) is 5.88 Å². The standard InChI is InChI=1S/C18H26N2O3/c1-13-2-7-17(19-12-13)23-16-5-3-15(4-6-16)20-18(21)14-8-10-22-11-9-14/h2,7,12,14-16H,3-6,8-11H2,1H3,(H,20,21). The molecule has 0 aromatic carbocycles. The van der Waals surface area contributed by atoms with E-state index in [1.807, 2.05) is 25.3 Å². The highest BCUT2D eigenvalue weighted by molar-refractivity contribution is 5.79. The van der Waals surface area contributed by atoms with Gasteiger partial charge in [0, 0.05) is 37.4 Å². The van der Waals surface area contributed by atoms with E-state index in [4.69, 9.17) is 9.47 Å². The quantitative estimate of drug-likeness (QED) is 0.927. The molecule has 0 unspecified atom stereocenters. The van der Waals surface area contributed by atoms with Crippen molar-refractivity contribution in [3.8, 4) is 5.88 Å². The van der Waals surface area contributed by atoms with Gasteiger partial charge in [0.05, 0.1) is 0 Å². The molecule has 0 radical (unpaired) electrons. The fraction of sp³-hybridized carbons (Fsp3) is 0.667. The number of aryl methyl sites for hydroxylation is 1. The lowest BCUT2D eigenvalue weighted by atomic mass is 9.91. The molecule has 1 aliphatic heterocycles. The Morgan fingerprint density at radius 2 is 1.91 bits per heavy atom. The monoisotopic (exact) mass is 318 g/mol. The molecular formula is C18H26N2O3. The van der Waals surface area contributed by atoms with E-state index < -0.39 is 0 Å². The molecule has 1 N–H and O–H groups in total. The lowest BCUT2D eigenvalue weighted by Gasteiger charge is -2.31. The van der Waals surface area contributed by atoms with Crippen LogP contribution in [-0.4, -0.2) is 36.3 Å². The summed E-state index contributed by atoms with van der Waals surface area (Å²) in [6, 6.07) is 4.23. The van der Waals surface area contributed by atoms with Crippen LogP contribution < -0.4 is 10.1 Å². The van der Waals surface area contributed by atoms with Gasteiger partial charge in [-0.3, -0.25) is 4.79 Å². The topological polar surface area (TPSA) is 60.5 Å².